The summed E-state index contributed by atoms with van der Waals surface area (Å²) in [7, 11) is 0. The van der Waals surface area contributed by atoms with Crippen molar-refractivity contribution < 1.29 is 5.11 Å². The second-order valence-electron chi connectivity index (χ2n) is 3.99. The Morgan fingerprint density at radius 3 is 2.44 bits per heavy atom. The van der Waals surface area contributed by atoms with Gasteiger partial charge in [0.25, 0.3) is 0 Å². The molecule has 2 aromatic carbocycles. The van der Waals surface area contributed by atoms with Gasteiger partial charge in [0, 0.05) is 17.0 Å². The second kappa shape index (κ2) is 5.94. The zero-order valence-electron chi connectivity index (χ0n) is 9.41. The van der Waals surface area contributed by atoms with E-state index < -0.39 is 6.10 Å². The van der Waals surface area contributed by atoms with Crippen molar-refractivity contribution in [3.05, 3.63) is 68.7 Å². The molecule has 94 valence electrons. The van der Waals surface area contributed by atoms with Crippen LogP contribution in [-0.4, -0.2) is 5.11 Å². The molecule has 2 rings (SSSR count). The van der Waals surface area contributed by atoms with Crippen LogP contribution in [0.5, 0.6) is 0 Å². The largest absolute Gasteiger partial charge is 0.388 e. The van der Waals surface area contributed by atoms with Gasteiger partial charge in [-0.2, -0.15) is 0 Å². The molecular formula is C14H11Cl3O. The maximum absolute atomic E-state index is 10.2. The molecule has 0 aliphatic carbocycles. The van der Waals surface area contributed by atoms with Gasteiger partial charge in [0.2, 0.25) is 0 Å². The number of hydrogen-bond acceptors (Lipinski definition) is 1. The Kier molecular flexibility index (Phi) is 4.52. The first-order valence-electron chi connectivity index (χ1n) is 5.44. The molecule has 1 N–H and O–H groups in total. The van der Waals surface area contributed by atoms with Crippen molar-refractivity contribution in [3.63, 3.8) is 0 Å². The normalized spacial score (nSPS) is 12.4. The van der Waals surface area contributed by atoms with Crippen LogP contribution in [0.15, 0.2) is 42.5 Å². The summed E-state index contributed by atoms with van der Waals surface area (Å²) < 4.78 is 0. The summed E-state index contributed by atoms with van der Waals surface area (Å²) in [4.78, 5) is 0. The highest BCUT2D eigenvalue weighted by atomic mass is 35.5. The van der Waals surface area contributed by atoms with Gasteiger partial charge < -0.3 is 5.11 Å². The quantitative estimate of drug-likeness (QED) is 0.853. The van der Waals surface area contributed by atoms with Crippen LogP contribution in [0.3, 0.4) is 0 Å². The monoisotopic (exact) mass is 300 g/mol. The number of rotatable bonds is 3. The lowest BCUT2D eigenvalue weighted by Gasteiger charge is -2.13. The fourth-order valence-corrected chi connectivity index (χ4v) is 2.42. The third kappa shape index (κ3) is 3.18. The Bertz CT molecular complexity index is 554. The summed E-state index contributed by atoms with van der Waals surface area (Å²) in [5, 5.41) is 11.7. The Hall–Kier alpha value is -0.730. The van der Waals surface area contributed by atoms with Crippen molar-refractivity contribution >= 4 is 34.8 Å². The van der Waals surface area contributed by atoms with Crippen molar-refractivity contribution in [2.75, 3.05) is 0 Å². The molecule has 4 heteroatoms. The average molecular weight is 302 g/mol. The second-order valence-corrected chi connectivity index (χ2v) is 5.21. The minimum atomic E-state index is -0.699. The molecule has 0 aliphatic heterocycles. The van der Waals surface area contributed by atoms with Crippen molar-refractivity contribution in [1.82, 2.24) is 0 Å². The predicted molar refractivity (Wildman–Crippen MR) is 76.6 cm³/mol. The minimum absolute atomic E-state index is 0.397. The van der Waals surface area contributed by atoms with Gasteiger partial charge in [-0.25, -0.2) is 0 Å². The van der Waals surface area contributed by atoms with Crippen LogP contribution >= 0.6 is 34.8 Å². The van der Waals surface area contributed by atoms with E-state index in [4.69, 9.17) is 34.8 Å². The molecule has 0 radical (unpaired) electrons. The van der Waals surface area contributed by atoms with Gasteiger partial charge in [-0.1, -0.05) is 59.1 Å². The highest BCUT2D eigenvalue weighted by Gasteiger charge is 2.14. The van der Waals surface area contributed by atoms with Crippen molar-refractivity contribution in [1.29, 1.82) is 0 Å². The highest BCUT2D eigenvalue weighted by molar-refractivity contribution is 6.42. The summed E-state index contributed by atoms with van der Waals surface area (Å²) >= 11 is 17.9. The van der Waals surface area contributed by atoms with E-state index in [0.717, 1.165) is 5.56 Å². The molecule has 0 saturated heterocycles. The van der Waals surface area contributed by atoms with E-state index in [-0.39, 0.29) is 0 Å². The maximum Gasteiger partial charge on any atom is 0.0845 e. The molecule has 0 spiro atoms. The molecule has 18 heavy (non-hydrogen) atoms. The summed E-state index contributed by atoms with van der Waals surface area (Å²) in [5.41, 5.74) is 1.58. The van der Waals surface area contributed by atoms with Gasteiger partial charge in [-0.15, -0.1) is 0 Å². The van der Waals surface area contributed by atoms with Crippen LogP contribution < -0.4 is 0 Å². The van der Waals surface area contributed by atoms with Crippen LogP contribution in [0, 0.1) is 0 Å². The number of halogens is 3. The summed E-state index contributed by atoms with van der Waals surface area (Å²) in [6, 6.07) is 12.6. The standard InChI is InChI=1S/C14H11Cl3O/c15-10-4-1-3-9(7-10)8-13(18)11-5-2-6-12(16)14(11)17/h1-7,13,18H,8H2. The van der Waals surface area contributed by atoms with Crippen molar-refractivity contribution in [3.8, 4) is 0 Å². The lowest BCUT2D eigenvalue weighted by atomic mass is 10.0. The molecule has 0 fully saturated rings. The van der Waals surface area contributed by atoms with Crippen LogP contribution in [0.4, 0.5) is 0 Å². The van der Waals surface area contributed by atoms with E-state index >= 15 is 0 Å². The first kappa shape index (κ1) is 13.7. The minimum Gasteiger partial charge on any atom is -0.388 e. The number of hydrogen-bond donors (Lipinski definition) is 1. The summed E-state index contributed by atoms with van der Waals surface area (Å²) in [5.74, 6) is 0. The summed E-state index contributed by atoms with van der Waals surface area (Å²) in [6.45, 7) is 0. The van der Waals surface area contributed by atoms with Gasteiger partial charge in [0.1, 0.15) is 0 Å². The molecule has 1 atom stereocenters. The molecule has 0 aliphatic rings. The lowest BCUT2D eigenvalue weighted by Crippen LogP contribution is -2.02. The fraction of sp³-hybridized carbons (Fsp3) is 0.143. The Morgan fingerprint density at radius 1 is 1.00 bits per heavy atom. The van der Waals surface area contributed by atoms with Crippen LogP contribution in [-0.2, 0) is 6.42 Å². The van der Waals surface area contributed by atoms with Gasteiger partial charge >= 0.3 is 0 Å². The smallest absolute Gasteiger partial charge is 0.0845 e. The zero-order valence-corrected chi connectivity index (χ0v) is 11.7. The molecule has 1 unspecified atom stereocenters. The maximum atomic E-state index is 10.2. The third-order valence-electron chi connectivity index (χ3n) is 2.66. The van der Waals surface area contributed by atoms with Gasteiger partial charge in [-0.3, -0.25) is 0 Å². The van der Waals surface area contributed by atoms with E-state index in [9.17, 15) is 5.11 Å². The Labute approximate surface area is 121 Å². The van der Waals surface area contributed by atoms with Gasteiger partial charge in [0.15, 0.2) is 0 Å². The van der Waals surface area contributed by atoms with Crippen LogP contribution in [0.1, 0.15) is 17.2 Å². The number of aliphatic hydroxyl groups excluding tert-OH is 1. The Morgan fingerprint density at radius 2 is 1.72 bits per heavy atom. The van der Waals surface area contributed by atoms with E-state index in [2.05, 4.69) is 0 Å². The topological polar surface area (TPSA) is 20.2 Å². The van der Waals surface area contributed by atoms with Gasteiger partial charge in [-0.05, 0) is 23.8 Å². The first-order chi connectivity index (χ1) is 8.58. The average Bonchev–Trinajstić information content (AvgIpc) is 2.32. The predicted octanol–water partition coefficient (Wildman–Crippen LogP) is 4.92. The fourth-order valence-electron chi connectivity index (χ4n) is 1.77. The molecule has 2 aromatic rings. The van der Waals surface area contributed by atoms with E-state index in [0.29, 0.717) is 27.1 Å². The third-order valence-corrected chi connectivity index (χ3v) is 3.73. The molecule has 0 saturated carbocycles. The molecule has 0 heterocycles. The molecule has 0 amide bonds. The first-order valence-corrected chi connectivity index (χ1v) is 6.57. The van der Waals surface area contributed by atoms with E-state index in [1.165, 1.54) is 0 Å². The van der Waals surface area contributed by atoms with Crippen LogP contribution in [0.2, 0.25) is 15.1 Å². The number of aliphatic hydroxyl groups is 1. The molecule has 0 bridgehead atoms. The van der Waals surface area contributed by atoms with Crippen LogP contribution in [0.25, 0.3) is 0 Å². The molecule has 0 aromatic heterocycles. The summed E-state index contributed by atoms with van der Waals surface area (Å²) in [6.07, 6.45) is -0.254. The SMILES string of the molecule is OC(Cc1cccc(Cl)c1)c1cccc(Cl)c1Cl. The Balaban J connectivity index is 2.22. The van der Waals surface area contributed by atoms with E-state index in [1.807, 2.05) is 18.2 Å². The van der Waals surface area contributed by atoms with Crippen molar-refractivity contribution in [2.45, 2.75) is 12.5 Å². The lowest BCUT2D eigenvalue weighted by molar-refractivity contribution is 0.178. The van der Waals surface area contributed by atoms with E-state index in [1.54, 1.807) is 24.3 Å². The van der Waals surface area contributed by atoms with Crippen molar-refractivity contribution in [2.24, 2.45) is 0 Å². The zero-order chi connectivity index (χ0) is 13.1. The molecule has 1 nitrogen and oxygen atoms in total. The van der Waals surface area contributed by atoms with Gasteiger partial charge in [0.05, 0.1) is 16.1 Å². The number of benzene rings is 2. The highest BCUT2D eigenvalue weighted by Crippen LogP contribution is 2.31. The molecular weight excluding hydrogens is 291 g/mol.